The highest BCUT2D eigenvalue weighted by Crippen LogP contribution is 2.44. The summed E-state index contributed by atoms with van der Waals surface area (Å²) in [5.41, 5.74) is 5.20. The highest BCUT2D eigenvalue weighted by Gasteiger charge is 2.48. The highest BCUT2D eigenvalue weighted by atomic mass is 35.5. The van der Waals surface area contributed by atoms with Gasteiger partial charge in [-0.1, -0.05) is 94.4 Å². The Morgan fingerprint density at radius 3 is 2.37 bits per heavy atom. The van der Waals surface area contributed by atoms with E-state index in [0.717, 1.165) is 16.7 Å². The number of aliphatic hydroxyl groups is 1. The number of amides is 1. The van der Waals surface area contributed by atoms with Gasteiger partial charge in [0.15, 0.2) is 4.34 Å². The first-order valence-electron chi connectivity index (χ1n) is 11.9. The molecule has 4 aromatic rings. The molecule has 1 aliphatic heterocycles. The number of nitrogens with zero attached hydrogens (tertiary/aromatic N) is 3. The van der Waals surface area contributed by atoms with Gasteiger partial charge in [0.05, 0.1) is 11.6 Å². The van der Waals surface area contributed by atoms with E-state index in [1.54, 1.807) is 24.3 Å². The minimum atomic E-state index is -0.880. The largest absolute Gasteiger partial charge is 0.507 e. The van der Waals surface area contributed by atoms with Crippen molar-refractivity contribution in [3.8, 4) is 0 Å². The third kappa shape index (κ3) is 5.12. The van der Waals surface area contributed by atoms with Gasteiger partial charge in [0.1, 0.15) is 5.76 Å². The van der Waals surface area contributed by atoms with Crippen molar-refractivity contribution in [2.45, 2.75) is 36.9 Å². The molecule has 0 saturated carbocycles. The Balaban J connectivity index is 1.55. The number of aromatic nitrogens is 2. The van der Waals surface area contributed by atoms with Crippen LogP contribution in [0, 0.1) is 20.8 Å². The molecule has 0 spiro atoms. The van der Waals surface area contributed by atoms with Gasteiger partial charge in [-0.2, -0.15) is 0 Å². The molecule has 5 rings (SSSR count). The second-order valence-corrected chi connectivity index (χ2v) is 11.8. The average molecular weight is 562 g/mol. The number of anilines is 1. The van der Waals surface area contributed by atoms with Gasteiger partial charge in [-0.05, 0) is 55.7 Å². The van der Waals surface area contributed by atoms with Crippen molar-refractivity contribution in [1.29, 1.82) is 0 Å². The Hall–Kier alpha value is -3.46. The molecule has 0 radical (unpaired) electrons. The summed E-state index contributed by atoms with van der Waals surface area (Å²) in [7, 11) is 0. The summed E-state index contributed by atoms with van der Waals surface area (Å²) in [6.45, 7) is 5.80. The van der Waals surface area contributed by atoms with E-state index < -0.39 is 17.7 Å². The van der Waals surface area contributed by atoms with Gasteiger partial charge in [0.25, 0.3) is 5.78 Å². The quantitative estimate of drug-likeness (QED) is 0.0894. The van der Waals surface area contributed by atoms with Gasteiger partial charge in [-0.15, -0.1) is 10.2 Å². The van der Waals surface area contributed by atoms with E-state index in [9.17, 15) is 14.7 Å². The van der Waals surface area contributed by atoms with E-state index >= 15 is 0 Å². The maximum absolute atomic E-state index is 13.4. The Labute approximate surface area is 234 Å². The Morgan fingerprint density at radius 2 is 1.66 bits per heavy atom. The lowest BCUT2D eigenvalue weighted by atomic mass is 9.93. The molecule has 1 fully saturated rings. The zero-order chi connectivity index (χ0) is 27.0. The topological polar surface area (TPSA) is 83.4 Å². The third-order valence-corrected chi connectivity index (χ3v) is 8.74. The summed E-state index contributed by atoms with van der Waals surface area (Å²) in [6, 6.07) is 19.9. The lowest BCUT2D eigenvalue weighted by molar-refractivity contribution is -0.132. The number of aliphatic hydroxyl groups excluding tert-OH is 1. The van der Waals surface area contributed by atoms with Crippen LogP contribution in [-0.2, 0) is 15.3 Å². The number of aryl methyl sites for hydroxylation is 3. The third-order valence-electron chi connectivity index (χ3n) is 6.36. The van der Waals surface area contributed by atoms with Crippen LogP contribution in [-0.4, -0.2) is 27.0 Å². The molecule has 9 heteroatoms. The van der Waals surface area contributed by atoms with E-state index in [4.69, 9.17) is 11.6 Å². The normalized spacial score (nSPS) is 16.8. The molecular formula is C29H24ClN3O3S2. The predicted molar refractivity (Wildman–Crippen MR) is 153 cm³/mol. The molecule has 1 unspecified atom stereocenters. The SMILES string of the molecule is Cc1ccc(CSc2nnc(N3C(=O)C(=O)/C(=C(/O)c4cc(C)ccc4C)C3c3ccc(Cl)cc3)s2)cc1. The zero-order valence-corrected chi connectivity index (χ0v) is 23.3. The first-order chi connectivity index (χ1) is 18.2. The van der Waals surface area contributed by atoms with E-state index in [-0.39, 0.29) is 11.3 Å². The molecule has 1 saturated heterocycles. The minimum Gasteiger partial charge on any atom is -0.507 e. The summed E-state index contributed by atoms with van der Waals surface area (Å²) in [5.74, 6) is -1.05. The van der Waals surface area contributed by atoms with Gasteiger partial charge < -0.3 is 5.11 Å². The Bertz CT molecular complexity index is 1560. The maximum atomic E-state index is 13.4. The van der Waals surface area contributed by atoms with Crippen LogP contribution in [0.2, 0.25) is 5.02 Å². The molecule has 1 atom stereocenters. The molecule has 38 heavy (non-hydrogen) atoms. The summed E-state index contributed by atoms with van der Waals surface area (Å²) < 4.78 is 0.673. The molecule has 2 heterocycles. The molecule has 0 aliphatic carbocycles. The van der Waals surface area contributed by atoms with Crippen molar-refractivity contribution in [3.63, 3.8) is 0 Å². The van der Waals surface area contributed by atoms with Crippen LogP contribution in [0.1, 0.15) is 39.4 Å². The number of carbonyl (C=O) groups excluding carboxylic acids is 2. The monoisotopic (exact) mass is 561 g/mol. The Kier molecular flexibility index (Phi) is 7.38. The van der Waals surface area contributed by atoms with Crippen LogP contribution in [0.3, 0.4) is 0 Å². The maximum Gasteiger partial charge on any atom is 0.301 e. The Morgan fingerprint density at radius 1 is 0.974 bits per heavy atom. The van der Waals surface area contributed by atoms with Crippen molar-refractivity contribution >= 4 is 57.3 Å². The molecule has 3 aromatic carbocycles. The van der Waals surface area contributed by atoms with E-state index in [1.165, 1.54) is 33.6 Å². The predicted octanol–water partition coefficient (Wildman–Crippen LogP) is 7.04. The van der Waals surface area contributed by atoms with Crippen molar-refractivity contribution < 1.29 is 14.7 Å². The molecule has 1 aromatic heterocycles. The number of ketones is 1. The molecule has 1 amide bonds. The van der Waals surface area contributed by atoms with Gasteiger partial charge in [0, 0.05) is 16.3 Å². The standard InChI is InChI=1S/C29H24ClN3O3S2/c1-16-5-8-19(9-6-16)15-37-29-32-31-28(38-29)33-24(20-10-12-21(30)13-11-20)23(26(35)27(33)36)25(34)22-14-17(2)4-7-18(22)3/h4-14,24,34H,15H2,1-3H3/b25-23+. The number of benzene rings is 3. The summed E-state index contributed by atoms with van der Waals surface area (Å²) in [5, 5.41) is 20.8. The molecule has 1 N–H and O–H groups in total. The van der Waals surface area contributed by atoms with Crippen LogP contribution in [0.5, 0.6) is 0 Å². The van der Waals surface area contributed by atoms with Crippen LogP contribution in [0.25, 0.3) is 5.76 Å². The summed E-state index contributed by atoms with van der Waals surface area (Å²) in [4.78, 5) is 28.2. The van der Waals surface area contributed by atoms with Crippen LogP contribution >= 0.6 is 34.7 Å². The van der Waals surface area contributed by atoms with Gasteiger partial charge >= 0.3 is 5.91 Å². The smallest absolute Gasteiger partial charge is 0.301 e. The lowest BCUT2D eigenvalue weighted by Gasteiger charge is -2.22. The number of hydrogen-bond donors (Lipinski definition) is 1. The second-order valence-electron chi connectivity index (χ2n) is 9.16. The van der Waals surface area contributed by atoms with Gasteiger partial charge in [-0.3, -0.25) is 14.5 Å². The fourth-order valence-corrected chi connectivity index (χ4v) is 6.26. The highest BCUT2D eigenvalue weighted by molar-refractivity contribution is 8.00. The fraction of sp³-hybridized carbons (Fsp3) is 0.172. The van der Waals surface area contributed by atoms with Crippen LogP contribution in [0.4, 0.5) is 5.13 Å². The first kappa shape index (κ1) is 26.2. The van der Waals surface area contributed by atoms with E-state index in [2.05, 4.69) is 34.5 Å². The molecule has 0 bridgehead atoms. The zero-order valence-electron chi connectivity index (χ0n) is 20.9. The van der Waals surface area contributed by atoms with Gasteiger partial charge in [0.2, 0.25) is 5.13 Å². The van der Waals surface area contributed by atoms with E-state index in [1.807, 2.05) is 39.0 Å². The minimum absolute atomic E-state index is 0.00933. The van der Waals surface area contributed by atoms with Crippen LogP contribution in [0.15, 0.2) is 76.6 Å². The molecule has 1 aliphatic rings. The van der Waals surface area contributed by atoms with Crippen molar-refractivity contribution in [3.05, 3.63) is 111 Å². The number of thioether (sulfide) groups is 1. The van der Waals surface area contributed by atoms with Crippen molar-refractivity contribution in [1.82, 2.24) is 10.2 Å². The number of halogens is 1. The summed E-state index contributed by atoms with van der Waals surface area (Å²) >= 11 is 8.88. The average Bonchev–Trinajstić information content (AvgIpc) is 3.47. The van der Waals surface area contributed by atoms with Gasteiger partial charge in [-0.25, -0.2) is 0 Å². The number of Topliss-reactive ketones (excluding diaryl/α,β-unsaturated/α-hetero) is 1. The lowest BCUT2D eigenvalue weighted by Crippen LogP contribution is -2.29. The number of carbonyl (C=O) groups is 2. The first-order valence-corrected chi connectivity index (χ1v) is 14.1. The van der Waals surface area contributed by atoms with Crippen molar-refractivity contribution in [2.24, 2.45) is 0 Å². The van der Waals surface area contributed by atoms with E-state index in [0.29, 0.717) is 31.4 Å². The summed E-state index contributed by atoms with van der Waals surface area (Å²) in [6.07, 6.45) is 0. The molecule has 6 nitrogen and oxygen atoms in total. The second kappa shape index (κ2) is 10.7. The van der Waals surface area contributed by atoms with Crippen LogP contribution < -0.4 is 4.90 Å². The number of rotatable bonds is 6. The molecule has 192 valence electrons. The van der Waals surface area contributed by atoms with Crippen molar-refractivity contribution in [2.75, 3.05) is 4.90 Å². The number of hydrogen-bond acceptors (Lipinski definition) is 7. The fourth-order valence-electron chi connectivity index (χ4n) is 4.31. The molecular weight excluding hydrogens is 538 g/mol.